The average Bonchev–Trinajstić information content (AvgIpc) is 2.91. The van der Waals surface area contributed by atoms with Gasteiger partial charge < -0.3 is 16.0 Å². The highest BCUT2D eigenvalue weighted by atomic mass is 31.2. The average molecular weight is 645 g/mol. The number of nitrogens with zero attached hydrogens (tertiary/aromatic N) is 2. The molecule has 0 aliphatic carbocycles. The van der Waals surface area contributed by atoms with Gasteiger partial charge in [-0.2, -0.15) is 44.5 Å². The second kappa shape index (κ2) is 13.2. The van der Waals surface area contributed by atoms with Crippen molar-refractivity contribution < 1.29 is 57.9 Å². The zero-order valence-corrected chi connectivity index (χ0v) is 22.6. The number of hydrogen-bond acceptors (Lipinski definition) is 8. The summed E-state index contributed by atoms with van der Waals surface area (Å²) in [6, 6.07) is 10.5. The van der Waals surface area contributed by atoms with Crippen LogP contribution in [0, 0.1) is 0 Å². The van der Waals surface area contributed by atoms with E-state index in [9.17, 15) is 48.9 Å². The summed E-state index contributed by atoms with van der Waals surface area (Å²) >= 11 is 0. The molecule has 0 saturated carbocycles. The SMILES string of the molecule is CNC(=O)c1ccccc1Nc1nc(Nc2ccc(CP(=O)(OCC(F)(F)F)OCC(F)(F)F)cc2)ncc1C(F)(F)F. The van der Waals surface area contributed by atoms with E-state index in [0.717, 1.165) is 12.1 Å². The summed E-state index contributed by atoms with van der Waals surface area (Å²) in [6.45, 7) is -4.23. The van der Waals surface area contributed by atoms with E-state index < -0.39 is 62.8 Å². The van der Waals surface area contributed by atoms with Gasteiger partial charge in [0, 0.05) is 18.9 Å². The number of rotatable bonds is 11. The summed E-state index contributed by atoms with van der Waals surface area (Å²) in [4.78, 5) is 19.6. The van der Waals surface area contributed by atoms with Crippen molar-refractivity contribution in [2.45, 2.75) is 24.7 Å². The summed E-state index contributed by atoms with van der Waals surface area (Å²) in [7, 11) is -3.58. The molecule has 1 heterocycles. The molecule has 0 saturated heterocycles. The molecular weight excluding hydrogens is 624 g/mol. The van der Waals surface area contributed by atoms with E-state index in [1.54, 1.807) is 0 Å². The quantitative estimate of drug-likeness (QED) is 0.148. The molecule has 0 unspecified atom stereocenters. The number of carbonyl (C=O) groups excluding carboxylic acids is 1. The Morgan fingerprint density at radius 1 is 0.860 bits per heavy atom. The molecule has 1 aromatic heterocycles. The van der Waals surface area contributed by atoms with Crippen LogP contribution < -0.4 is 16.0 Å². The number of anilines is 4. The fraction of sp³-hybridized carbons (Fsp3) is 0.292. The van der Waals surface area contributed by atoms with Crippen LogP contribution in [-0.2, 0) is 26.0 Å². The van der Waals surface area contributed by atoms with Gasteiger partial charge in [-0.05, 0) is 29.8 Å². The molecule has 3 aromatic rings. The third-order valence-corrected chi connectivity index (χ3v) is 6.98. The Morgan fingerprint density at radius 2 is 1.44 bits per heavy atom. The Labute approximate surface area is 237 Å². The molecule has 0 radical (unpaired) electrons. The van der Waals surface area contributed by atoms with Crippen molar-refractivity contribution in [1.82, 2.24) is 15.3 Å². The first-order valence-electron chi connectivity index (χ1n) is 11.8. The van der Waals surface area contributed by atoms with E-state index >= 15 is 0 Å². The van der Waals surface area contributed by atoms with Gasteiger partial charge in [-0.3, -0.25) is 18.4 Å². The van der Waals surface area contributed by atoms with Crippen LogP contribution in [0.5, 0.6) is 0 Å². The third-order valence-electron chi connectivity index (χ3n) is 5.18. The molecule has 19 heteroatoms. The first-order valence-corrected chi connectivity index (χ1v) is 13.5. The lowest BCUT2D eigenvalue weighted by atomic mass is 10.1. The van der Waals surface area contributed by atoms with Crippen LogP contribution in [0.15, 0.2) is 54.7 Å². The lowest BCUT2D eigenvalue weighted by Gasteiger charge is -2.20. The molecule has 43 heavy (non-hydrogen) atoms. The molecular formula is C24H21F9N5O4P. The van der Waals surface area contributed by atoms with E-state index in [0.29, 0.717) is 6.20 Å². The van der Waals surface area contributed by atoms with Crippen molar-refractivity contribution in [1.29, 1.82) is 0 Å². The highest BCUT2D eigenvalue weighted by Crippen LogP contribution is 2.53. The van der Waals surface area contributed by atoms with Gasteiger partial charge in [0.2, 0.25) is 5.95 Å². The monoisotopic (exact) mass is 645 g/mol. The first kappa shape index (κ1) is 33.6. The zero-order chi connectivity index (χ0) is 32.1. The molecule has 0 bridgehead atoms. The lowest BCUT2D eigenvalue weighted by molar-refractivity contribution is -0.165. The molecule has 2 aromatic carbocycles. The summed E-state index contributed by atoms with van der Waals surface area (Å²) in [5, 5.41) is 7.44. The second-order valence-electron chi connectivity index (χ2n) is 8.57. The van der Waals surface area contributed by atoms with Crippen molar-refractivity contribution in [3.05, 3.63) is 71.4 Å². The number of amides is 1. The number of nitrogens with one attached hydrogen (secondary N) is 3. The smallest absolute Gasteiger partial charge is 0.355 e. The van der Waals surface area contributed by atoms with Crippen molar-refractivity contribution >= 4 is 36.6 Å². The molecule has 0 spiro atoms. The van der Waals surface area contributed by atoms with Crippen LogP contribution in [0.1, 0.15) is 21.5 Å². The van der Waals surface area contributed by atoms with Gasteiger partial charge in [0.25, 0.3) is 5.91 Å². The number of aromatic nitrogens is 2. The Kier molecular flexibility index (Phi) is 10.3. The Bertz CT molecular complexity index is 1440. The number of para-hydroxylation sites is 1. The fourth-order valence-corrected chi connectivity index (χ4v) is 4.92. The molecule has 1 amide bonds. The number of halogens is 9. The largest absolute Gasteiger partial charge is 0.421 e. The standard InChI is InChI=1S/C24H21F9N5O4P/c1-34-20(39)16-4-2-3-5-18(16)37-19-17(24(31,32)33)10-35-21(38-19)36-15-8-6-14(7-9-15)11-43(40,41-12-22(25,26)27)42-13-23(28,29)30/h2-10H,11-13H2,1H3,(H,34,39)(H2,35,36,37,38). The molecule has 0 fully saturated rings. The minimum Gasteiger partial charge on any atom is -0.355 e. The molecule has 3 N–H and O–H groups in total. The maximum absolute atomic E-state index is 13.7. The van der Waals surface area contributed by atoms with Crippen LogP contribution in [-0.4, -0.2) is 48.5 Å². The fourth-order valence-electron chi connectivity index (χ4n) is 3.31. The van der Waals surface area contributed by atoms with Crippen LogP contribution in [0.4, 0.5) is 62.7 Å². The number of carbonyl (C=O) groups is 1. The van der Waals surface area contributed by atoms with Gasteiger partial charge in [-0.15, -0.1) is 0 Å². The molecule has 0 atom stereocenters. The van der Waals surface area contributed by atoms with Gasteiger partial charge in [0.1, 0.15) is 11.4 Å². The summed E-state index contributed by atoms with van der Waals surface area (Å²) < 4.78 is 137. The maximum Gasteiger partial charge on any atom is 0.421 e. The molecule has 3 rings (SSSR count). The Morgan fingerprint density at radius 3 is 1.98 bits per heavy atom. The maximum atomic E-state index is 13.7. The highest BCUT2D eigenvalue weighted by Gasteiger charge is 2.39. The zero-order valence-electron chi connectivity index (χ0n) is 21.7. The predicted octanol–water partition coefficient (Wildman–Crippen LogP) is 7.19. The van der Waals surface area contributed by atoms with E-state index in [2.05, 4.69) is 35.0 Å². The first-order chi connectivity index (χ1) is 19.9. The van der Waals surface area contributed by atoms with Crippen molar-refractivity contribution in [3.63, 3.8) is 0 Å². The number of benzene rings is 2. The van der Waals surface area contributed by atoms with Crippen LogP contribution in [0.3, 0.4) is 0 Å². The van der Waals surface area contributed by atoms with E-state index in [1.807, 2.05) is 0 Å². The molecule has 0 aliphatic rings. The van der Waals surface area contributed by atoms with Crippen LogP contribution in [0.2, 0.25) is 0 Å². The van der Waals surface area contributed by atoms with Crippen molar-refractivity contribution in [2.75, 3.05) is 30.9 Å². The normalized spacial score (nSPS) is 12.6. The summed E-state index contributed by atoms with van der Waals surface area (Å²) in [6.07, 6.45) is -15.3. The minimum atomic E-state index is -5.00. The predicted molar refractivity (Wildman–Crippen MR) is 135 cm³/mol. The van der Waals surface area contributed by atoms with E-state index in [-0.39, 0.29) is 28.5 Å². The van der Waals surface area contributed by atoms with Crippen molar-refractivity contribution in [3.8, 4) is 0 Å². The van der Waals surface area contributed by atoms with E-state index in [1.165, 1.54) is 43.4 Å². The Hall–Kier alpha value is -3.89. The summed E-state index contributed by atoms with van der Waals surface area (Å²) in [5.41, 5.74) is -1.14. The summed E-state index contributed by atoms with van der Waals surface area (Å²) in [5.74, 6) is -1.64. The number of alkyl halides is 9. The van der Waals surface area contributed by atoms with Gasteiger partial charge in [0.15, 0.2) is 13.2 Å². The molecule has 234 valence electrons. The lowest BCUT2D eigenvalue weighted by Crippen LogP contribution is -2.20. The van der Waals surface area contributed by atoms with Gasteiger partial charge >= 0.3 is 26.1 Å². The topological polar surface area (TPSA) is 114 Å². The van der Waals surface area contributed by atoms with Crippen molar-refractivity contribution in [2.24, 2.45) is 0 Å². The Balaban J connectivity index is 1.83. The van der Waals surface area contributed by atoms with E-state index in [4.69, 9.17) is 0 Å². The van der Waals surface area contributed by atoms with Gasteiger partial charge in [-0.1, -0.05) is 24.3 Å². The minimum absolute atomic E-state index is 0.00580. The van der Waals surface area contributed by atoms with Gasteiger partial charge in [-0.25, -0.2) is 4.98 Å². The van der Waals surface area contributed by atoms with Gasteiger partial charge in [0.05, 0.1) is 17.4 Å². The second-order valence-corrected chi connectivity index (χ2v) is 10.6. The highest BCUT2D eigenvalue weighted by molar-refractivity contribution is 7.53. The molecule has 9 nitrogen and oxygen atoms in total. The molecule has 0 aliphatic heterocycles. The van der Waals surface area contributed by atoms with Crippen LogP contribution in [0.25, 0.3) is 0 Å². The van der Waals surface area contributed by atoms with Crippen LogP contribution >= 0.6 is 7.60 Å². The number of hydrogen-bond donors (Lipinski definition) is 3. The third kappa shape index (κ3) is 10.4.